The normalized spacial score (nSPS) is 18.7. The molecule has 0 radical (unpaired) electrons. The summed E-state index contributed by atoms with van der Waals surface area (Å²) in [5.74, 6) is 0.509. The minimum atomic E-state index is -4.42. The second-order valence-electron chi connectivity index (χ2n) is 9.57. The minimum Gasteiger partial charge on any atom is -0.494 e. The summed E-state index contributed by atoms with van der Waals surface area (Å²) in [4.78, 5) is 18.4. The van der Waals surface area contributed by atoms with E-state index in [9.17, 15) is 18.0 Å². The first-order chi connectivity index (χ1) is 19.7. The predicted octanol–water partition coefficient (Wildman–Crippen LogP) is 5.30. The molecule has 0 unspecified atom stereocenters. The number of hydrogen-bond acceptors (Lipinski definition) is 6. The Kier molecular flexibility index (Phi) is 9.80. The predicted molar refractivity (Wildman–Crippen MR) is 150 cm³/mol. The van der Waals surface area contributed by atoms with Gasteiger partial charge in [0.25, 0.3) is 5.91 Å². The van der Waals surface area contributed by atoms with Gasteiger partial charge in [-0.3, -0.25) is 10.2 Å². The molecule has 10 heteroatoms. The van der Waals surface area contributed by atoms with Crippen molar-refractivity contribution in [2.45, 2.75) is 44.1 Å². The number of benzene rings is 3. The van der Waals surface area contributed by atoms with Crippen LogP contribution in [0.5, 0.6) is 5.75 Å². The molecule has 1 aliphatic heterocycles. The number of carbonyl (C=O) groups is 1. The van der Waals surface area contributed by atoms with Crippen molar-refractivity contribution in [2.75, 3.05) is 13.2 Å². The molecule has 3 aromatic rings. The number of nitrogens with one attached hydrogen (secondary N) is 2. The Hall–Kier alpha value is -4.15. The molecule has 7 nitrogen and oxygen atoms in total. The largest absolute Gasteiger partial charge is 0.494 e. The van der Waals surface area contributed by atoms with Crippen LogP contribution >= 0.6 is 0 Å². The Morgan fingerprint density at radius 1 is 1.07 bits per heavy atom. The fraction of sp³-hybridized carbons (Fsp3) is 0.290. The minimum absolute atomic E-state index is 0.0443. The first-order valence-electron chi connectivity index (χ1n) is 13.2. The van der Waals surface area contributed by atoms with Gasteiger partial charge in [-0.1, -0.05) is 54.6 Å². The van der Waals surface area contributed by atoms with Crippen LogP contribution in [0.1, 0.15) is 42.0 Å². The molecule has 1 amide bonds. The summed E-state index contributed by atoms with van der Waals surface area (Å²) in [6.07, 6.45) is -0.495. The number of nitrogens with zero attached hydrogens (tertiary/aromatic N) is 1. The highest BCUT2D eigenvalue weighted by Crippen LogP contribution is 2.33. The number of hydrogen-bond donors (Lipinski definition) is 3. The van der Waals surface area contributed by atoms with Crippen LogP contribution in [0, 0.1) is 0 Å². The molecule has 0 aliphatic carbocycles. The van der Waals surface area contributed by atoms with Gasteiger partial charge in [-0.25, -0.2) is 10.4 Å². The first-order valence-corrected chi connectivity index (χ1v) is 13.2. The molecule has 0 spiro atoms. The smallest absolute Gasteiger partial charge is 0.416 e. The van der Waals surface area contributed by atoms with E-state index in [4.69, 9.17) is 19.6 Å². The van der Waals surface area contributed by atoms with Crippen LogP contribution < -0.4 is 15.6 Å². The van der Waals surface area contributed by atoms with Crippen LogP contribution in [0.3, 0.4) is 0 Å². The summed E-state index contributed by atoms with van der Waals surface area (Å²) in [6, 6.07) is 21.5. The van der Waals surface area contributed by atoms with E-state index in [0.717, 1.165) is 17.7 Å². The summed E-state index contributed by atoms with van der Waals surface area (Å²) in [5, 5.41) is 8.93. The van der Waals surface area contributed by atoms with Crippen LogP contribution in [-0.2, 0) is 22.3 Å². The number of amides is 1. The van der Waals surface area contributed by atoms with Crippen LogP contribution in [0.15, 0.2) is 89.9 Å². The lowest BCUT2D eigenvalue weighted by Gasteiger charge is -2.27. The lowest BCUT2D eigenvalue weighted by Crippen LogP contribution is -2.54. The van der Waals surface area contributed by atoms with Crippen molar-refractivity contribution >= 4 is 17.9 Å². The van der Waals surface area contributed by atoms with Gasteiger partial charge >= 0.3 is 6.18 Å². The van der Waals surface area contributed by atoms with Crippen LogP contribution in [0.25, 0.3) is 6.08 Å². The third kappa shape index (κ3) is 7.74. The SMILES string of the molecule is C[C@@H]1OC(c2ccc(OCCCO)cc2)=N[C@]1(C/C=C/c1ccccc1)C(=O)NNCc1ccc(C(F)(F)F)cc1. The van der Waals surface area contributed by atoms with Gasteiger partial charge in [0.1, 0.15) is 11.9 Å². The lowest BCUT2D eigenvalue weighted by molar-refractivity contribution is -0.137. The molecule has 0 saturated carbocycles. The van der Waals surface area contributed by atoms with E-state index in [0.29, 0.717) is 35.8 Å². The van der Waals surface area contributed by atoms with E-state index in [-0.39, 0.29) is 19.6 Å². The number of halogens is 3. The monoisotopic (exact) mass is 567 g/mol. The number of carbonyl (C=O) groups excluding carboxylic acids is 1. The average molecular weight is 568 g/mol. The molecule has 0 saturated heterocycles. The summed E-state index contributed by atoms with van der Waals surface area (Å²) in [5.41, 5.74) is 5.66. The van der Waals surface area contributed by atoms with E-state index in [1.807, 2.05) is 42.5 Å². The third-order valence-electron chi connectivity index (χ3n) is 6.64. The standard InChI is InChI=1S/C31H32F3N3O4/c1-22-30(18-5-9-23-7-3-2-4-8-23,29(39)37-35-21-24-10-14-26(15-11-24)31(32,33)34)36-28(41-22)25-12-16-27(17-13-25)40-20-6-19-38/h2-5,7-17,22,35,38H,6,18-21H2,1H3,(H,37,39)/b9-5+/t22-,30-/m0/s1. The summed E-state index contributed by atoms with van der Waals surface area (Å²) >= 11 is 0. The maximum atomic E-state index is 13.6. The number of alkyl halides is 3. The van der Waals surface area contributed by atoms with Crippen molar-refractivity contribution in [3.8, 4) is 5.75 Å². The van der Waals surface area contributed by atoms with Gasteiger partial charge in [0.05, 0.1) is 12.2 Å². The highest BCUT2D eigenvalue weighted by atomic mass is 19.4. The third-order valence-corrected chi connectivity index (χ3v) is 6.64. The zero-order valence-corrected chi connectivity index (χ0v) is 22.5. The maximum Gasteiger partial charge on any atom is 0.416 e. The van der Waals surface area contributed by atoms with Crippen molar-refractivity contribution in [1.29, 1.82) is 0 Å². The van der Waals surface area contributed by atoms with E-state index in [2.05, 4.69) is 10.9 Å². The van der Waals surface area contributed by atoms with Crippen LogP contribution in [0.2, 0.25) is 0 Å². The van der Waals surface area contributed by atoms with Gasteiger partial charge in [-0.2, -0.15) is 13.2 Å². The second-order valence-corrected chi connectivity index (χ2v) is 9.57. The molecule has 0 aromatic heterocycles. The Balaban J connectivity index is 1.50. The molecule has 2 atom stereocenters. The van der Waals surface area contributed by atoms with E-state index < -0.39 is 29.3 Å². The Morgan fingerprint density at radius 2 is 1.78 bits per heavy atom. The molecular formula is C31H32F3N3O4. The number of ether oxygens (including phenoxy) is 2. The van der Waals surface area contributed by atoms with Gasteiger partial charge in [-0.05, 0) is 54.4 Å². The fourth-order valence-electron chi connectivity index (χ4n) is 4.27. The molecule has 1 aliphatic rings. The Bertz CT molecular complexity index is 1340. The van der Waals surface area contributed by atoms with Gasteiger partial charge < -0.3 is 14.6 Å². The molecule has 216 valence electrons. The molecule has 0 bridgehead atoms. The average Bonchev–Trinajstić information content (AvgIpc) is 3.31. The van der Waals surface area contributed by atoms with Crippen molar-refractivity contribution in [3.05, 3.63) is 107 Å². The summed E-state index contributed by atoms with van der Waals surface area (Å²) in [7, 11) is 0. The zero-order valence-electron chi connectivity index (χ0n) is 22.5. The number of aliphatic imine (C=N–C) groups is 1. The Labute approximate surface area is 236 Å². The Morgan fingerprint density at radius 3 is 2.44 bits per heavy atom. The van der Waals surface area contributed by atoms with E-state index in [1.54, 1.807) is 31.2 Å². The van der Waals surface area contributed by atoms with Gasteiger partial charge in [-0.15, -0.1) is 0 Å². The summed E-state index contributed by atoms with van der Waals surface area (Å²) in [6.45, 7) is 2.32. The van der Waals surface area contributed by atoms with Crippen molar-refractivity contribution < 1.29 is 32.5 Å². The summed E-state index contributed by atoms with van der Waals surface area (Å²) < 4.78 is 50.2. The van der Waals surface area contributed by atoms with Gasteiger partial charge in [0.2, 0.25) is 5.90 Å². The molecular weight excluding hydrogens is 535 g/mol. The molecule has 3 N–H and O–H groups in total. The lowest BCUT2D eigenvalue weighted by atomic mass is 9.89. The number of rotatable bonds is 12. The molecule has 1 heterocycles. The molecule has 3 aromatic carbocycles. The van der Waals surface area contributed by atoms with Crippen molar-refractivity contribution in [3.63, 3.8) is 0 Å². The quantitative estimate of drug-likeness (QED) is 0.204. The first kappa shape index (κ1) is 29.8. The topological polar surface area (TPSA) is 92.2 Å². The second kappa shape index (κ2) is 13.5. The van der Waals surface area contributed by atoms with E-state index >= 15 is 0 Å². The van der Waals surface area contributed by atoms with Crippen molar-refractivity contribution in [1.82, 2.24) is 10.9 Å². The van der Waals surface area contributed by atoms with Crippen LogP contribution in [-0.4, -0.2) is 41.8 Å². The zero-order chi connectivity index (χ0) is 29.3. The van der Waals surface area contributed by atoms with Crippen molar-refractivity contribution in [2.24, 2.45) is 4.99 Å². The number of hydrazine groups is 1. The van der Waals surface area contributed by atoms with Gasteiger partial charge in [0.15, 0.2) is 5.54 Å². The van der Waals surface area contributed by atoms with Crippen LogP contribution in [0.4, 0.5) is 13.2 Å². The number of aliphatic hydroxyl groups excluding tert-OH is 1. The highest BCUT2D eigenvalue weighted by Gasteiger charge is 2.49. The molecule has 4 rings (SSSR count). The van der Waals surface area contributed by atoms with Gasteiger partial charge in [0, 0.05) is 31.6 Å². The van der Waals surface area contributed by atoms with E-state index in [1.165, 1.54) is 12.1 Å². The highest BCUT2D eigenvalue weighted by molar-refractivity contribution is 6.00. The molecule has 0 fully saturated rings. The fourth-order valence-corrected chi connectivity index (χ4v) is 4.27. The number of aliphatic hydroxyl groups is 1. The maximum absolute atomic E-state index is 13.6. The molecule has 41 heavy (non-hydrogen) atoms.